The van der Waals surface area contributed by atoms with E-state index in [1.165, 1.54) is 4.68 Å². The van der Waals surface area contributed by atoms with E-state index < -0.39 is 0 Å². The van der Waals surface area contributed by atoms with Crippen molar-refractivity contribution in [2.45, 2.75) is 13.0 Å². The highest BCUT2D eigenvalue weighted by Gasteiger charge is 2.22. The number of hydrogen-bond acceptors (Lipinski definition) is 5. The van der Waals surface area contributed by atoms with Crippen LogP contribution in [0.4, 0.5) is 5.82 Å². The summed E-state index contributed by atoms with van der Waals surface area (Å²) in [6, 6.07) is 13.9. The maximum absolute atomic E-state index is 12.8. The van der Waals surface area contributed by atoms with E-state index in [9.17, 15) is 4.79 Å². The maximum atomic E-state index is 12.8. The maximum Gasteiger partial charge on any atom is 0.282 e. The first-order chi connectivity index (χ1) is 13.2. The summed E-state index contributed by atoms with van der Waals surface area (Å²) in [5.74, 6) is 0.915. The van der Waals surface area contributed by atoms with Gasteiger partial charge in [-0.3, -0.25) is 4.79 Å². The summed E-state index contributed by atoms with van der Waals surface area (Å²) in [5.41, 5.74) is 3.37. The summed E-state index contributed by atoms with van der Waals surface area (Å²) < 4.78 is 1.44. The molecule has 0 aliphatic carbocycles. The van der Waals surface area contributed by atoms with Gasteiger partial charge in [0.25, 0.3) is 5.56 Å². The van der Waals surface area contributed by atoms with Crippen molar-refractivity contribution in [3.63, 3.8) is 0 Å². The zero-order valence-electron chi connectivity index (χ0n) is 15.0. The quantitative estimate of drug-likeness (QED) is 0.572. The van der Waals surface area contributed by atoms with E-state index in [4.69, 9.17) is 4.98 Å². The van der Waals surface area contributed by atoms with Crippen LogP contribution in [0.25, 0.3) is 28.0 Å². The van der Waals surface area contributed by atoms with Crippen LogP contribution in [0.2, 0.25) is 0 Å². The van der Waals surface area contributed by atoms with E-state index in [0.29, 0.717) is 17.3 Å². The van der Waals surface area contributed by atoms with Crippen molar-refractivity contribution in [3.05, 3.63) is 59.0 Å². The standard InChI is InChI=1S/C20H20N6O/c1-13-12-25(10-9-21-13)17-8-7-16-19(23-17)18-15(11-22-16)20(27)26(24-18)14-5-3-2-4-6-14/h2-8,11,13,21-22H,9-10,12H2,1H3. The van der Waals surface area contributed by atoms with Gasteiger partial charge in [-0.2, -0.15) is 9.78 Å². The number of fused-ring (bicyclic) bond motifs is 3. The third-order valence-corrected chi connectivity index (χ3v) is 5.05. The van der Waals surface area contributed by atoms with Crippen LogP contribution in [0.15, 0.2) is 53.5 Å². The number of nitrogens with one attached hydrogen (secondary N) is 2. The molecule has 1 unspecified atom stereocenters. The summed E-state index contributed by atoms with van der Waals surface area (Å²) in [7, 11) is 0. The molecule has 136 valence electrons. The van der Waals surface area contributed by atoms with E-state index in [1.54, 1.807) is 6.20 Å². The lowest BCUT2D eigenvalue weighted by Gasteiger charge is -2.32. The Hall–Kier alpha value is -3.19. The van der Waals surface area contributed by atoms with Crippen LogP contribution < -0.4 is 15.8 Å². The molecule has 1 atom stereocenters. The smallest absolute Gasteiger partial charge is 0.282 e. The number of nitrogens with zero attached hydrogens (tertiary/aromatic N) is 4. The second-order valence-corrected chi connectivity index (χ2v) is 6.97. The van der Waals surface area contributed by atoms with Gasteiger partial charge in [-0.05, 0) is 31.2 Å². The minimum absolute atomic E-state index is 0.141. The second kappa shape index (κ2) is 6.21. The normalized spacial score (nSPS) is 17.7. The summed E-state index contributed by atoms with van der Waals surface area (Å²) in [6.45, 7) is 4.92. The van der Waals surface area contributed by atoms with Crippen LogP contribution in [0.3, 0.4) is 0 Å². The first-order valence-electron chi connectivity index (χ1n) is 9.15. The molecule has 0 spiro atoms. The molecule has 0 amide bonds. The van der Waals surface area contributed by atoms with Gasteiger partial charge in [-0.1, -0.05) is 18.2 Å². The van der Waals surface area contributed by atoms with Crippen molar-refractivity contribution in [2.75, 3.05) is 24.5 Å². The monoisotopic (exact) mass is 360 g/mol. The van der Waals surface area contributed by atoms with Crippen LogP contribution >= 0.6 is 0 Å². The van der Waals surface area contributed by atoms with Gasteiger partial charge in [-0.15, -0.1) is 0 Å². The fourth-order valence-electron chi connectivity index (χ4n) is 3.68. The SMILES string of the molecule is CC1CN(c2ccc3[nH]cc4c(=O)n(-c5ccccc5)nc-4c3n2)CCN1. The number of pyridine rings is 2. The Kier molecular flexibility index (Phi) is 3.68. The predicted octanol–water partition coefficient (Wildman–Crippen LogP) is 2.01. The zero-order chi connectivity index (χ0) is 18.4. The van der Waals surface area contributed by atoms with Crippen LogP contribution in [-0.4, -0.2) is 45.4 Å². The van der Waals surface area contributed by atoms with Crippen molar-refractivity contribution in [1.29, 1.82) is 0 Å². The molecule has 0 radical (unpaired) electrons. The highest BCUT2D eigenvalue weighted by Crippen LogP contribution is 2.27. The fourth-order valence-corrected chi connectivity index (χ4v) is 3.68. The van der Waals surface area contributed by atoms with Crippen LogP contribution in [-0.2, 0) is 0 Å². The second-order valence-electron chi connectivity index (χ2n) is 6.97. The van der Waals surface area contributed by atoms with Crippen LogP contribution in [0, 0.1) is 0 Å². The Labute approximate surface area is 156 Å². The van der Waals surface area contributed by atoms with Crippen molar-refractivity contribution in [3.8, 4) is 16.9 Å². The van der Waals surface area contributed by atoms with Crippen LogP contribution in [0.5, 0.6) is 0 Å². The van der Waals surface area contributed by atoms with E-state index in [1.807, 2.05) is 42.5 Å². The topological polar surface area (TPSA) is 78.8 Å². The molecule has 1 saturated heterocycles. The van der Waals surface area contributed by atoms with E-state index in [0.717, 1.165) is 42.2 Å². The van der Waals surface area contributed by atoms with Gasteiger partial charge in [0, 0.05) is 31.9 Å². The molecule has 2 aromatic rings. The number of H-pyrrole nitrogens is 1. The molecule has 3 aliphatic heterocycles. The number of aromatic amines is 1. The molecule has 1 aromatic heterocycles. The van der Waals surface area contributed by atoms with Gasteiger partial charge < -0.3 is 15.2 Å². The minimum atomic E-state index is -0.141. The zero-order valence-corrected chi connectivity index (χ0v) is 15.0. The van der Waals surface area contributed by atoms with Gasteiger partial charge in [0.1, 0.15) is 17.0 Å². The number of anilines is 1. The highest BCUT2D eigenvalue weighted by atomic mass is 16.1. The van der Waals surface area contributed by atoms with Crippen molar-refractivity contribution in [1.82, 2.24) is 25.1 Å². The lowest BCUT2D eigenvalue weighted by molar-refractivity contribution is 0.482. The largest absolute Gasteiger partial charge is 0.359 e. The average Bonchev–Trinajstić information content (AvgIpc) is 3.05. The summed E-state index contributed by atoms with van der Waals surface area (Å²) >= 11 is 0. The summed E-state index contributed by atoms with van der Waals surface area (Å²) in [5, 5.41) is 8.05. The summed E-state index contributed by atoms with van der Waals surface area (Å²) in [4.78, 5) is 23.2. The molecule has 0 bridgehead atoms. The Morgan fingerprint density at radius 3 is 2.81 bits per heavy atom. The third kappa shape index (κ3) is 2.67. The third-order valence-electron chi connectivity index (χ3n) is 5.05. The molecule has 3 aliphatic rings. The van der Waals surface area contributed by atoms with E-state index in [-0.39, 0.29) is 5.56 Å². The number of piperazine rings is 1. The Balaban J connectivity index is 1.67. The first-order valence-corrected chi connectivity index (χ1v) is 9.15. The number of aromatic nitrogens is 4. The van der Waals surface area contributed by atoms with Gasteiger partial charge >= 0.3 is 0 Å². The summed E-state index contributed by atoms with van der Waals surface area (Å²) in [6.07, 6.45) is 1.72. The van der Waals surface area contributed by atoms with Gasteiger partial charge in [-0.25, -0.2) is 4.98 Å². The molecule has 5 rings (SSSR count). The number of hydrogen-bond donors (Lipinski definition) is 2. The Morgan fingerprint density at radius 2 is 2.00 bits per heavy atom. The number of rotatable bonds is 2. The molecule has 0 saturated carbocycles. The average molecular weight is 360 g/mol. The molecular formula is C20H20N6O. The van der Waals surface area contributed by atoms with Crippen LogP contribution in [0.1, 0.15) is 6.92 Å². The highest BCUT2D eigenvalue weighted by molar-refractivity contribution is 5.91. The lowest BCUT2D eigenvalue weighted by atomic mass is 10.1. The van der Waals surface area contributed by atoms with Crippen molar-refractivity contribution >= 4 is 16.9 Å². The minimum Gasteiger partial charge on any atom is -0.359 e. The molecule has 2 N–H and O–H groups in total. The van der Waals surface area contributed by atoms with Gasteiger partial charge in [0.2, 0.25) is 0 Å². The lowest BCUT2D eigenvalue weighted by Crippen LogP contribution is -2.49. The number of para-hydroxylation sites is 1. The molecule has 1 aromatic carbocycles. The molecule has 7 heteroatoms. The fraction of sp³-hybridized carbons (Fsp3) is 0.250. The first kappa shape index (κ1) is 16.0. The Morgan fingerprint density at radius 1 is 1.15 bits per heavy atom. The molecule has 1 fully saturated rings. The molecule has 7 nitrogen and oxygen atoms in total. The molecule has 27 heavy (non-hydrogen) atoms. The molecule has 4 heterocycles. The van der Waals surface area contributed by atoms with Crippen molar-refractivity contribution < 1.29 is 0 Å². The molecular weight excluding hydrogens is 340 g/mol. The number of benzene rings is 1. The van der Waals surface area contributed by atoms with Crippen molar-refractivity contribution in [2.24, 2.45) is 0 Å². The Bertz CT molecular complexity index is 1130. The van der Waals surface area contributed by atoms with Gasteiger partial charge in [0.15, 0.2) is 0 Å². The van der Waals surface area contributed by atoms with E-state index in [2.05, 4.69) is 27.2 Å². The van der Waals surface area contributed by atoms with Gasteiger partial charge in [0.05, 0.1) is 16.8 Å². The predicted molar refractivity (Wildman–Crippen MR) is 106 cm³/mol. The van der Waals surface area contributed by atoms with E-state index >= 15 is 0 Å².